The van der Waals surface area contributed by atoms with Gasteiger partial charge in [0.1, 0.15) is 17.1 Å². The van der Waals surface area contributed by atoms with E-state index in [9.17, 15) is 18.0 Å². The Hall–Kier alpha value is -3.18. The van der Waals surface area contributed by atoms with E-state index in [1.54, 1.807) is 12.1 Å². The van der Waals surface area contributed by atoms with Crippen molar-refractivity contribution >= 4 is 22.5 Å². The van der Waals surface area contributed by atoms with Gasteiger partial charge in [0.25, 0.3) is 5.91 Å². The number of hydrogen-bond acceptors (Lipinski definition) is 6. The minimum absolute atomic E-state index is 0.301. The third kappa shape index (κ3) is 5.17. The number of pyridine rings is 1. The Kier molecular flexibility index (Phi) is 6.85. The Balaban J connectivity index is 1.31. The van der Waals surface area contributed by atoms with Gasteiger partial charge in [0.15, 0.2) is 0 Å². The number of alkyl halides is 3. The summed E-state index contributed by atoms with van der Waals surface area (Å²) in [7, 11) is 1.47. The molecular weight excluding hydrogens is 473 g/mol. The molecule has 1 saturated heterocycles. The molecule has 2 aliphatic rings. The number of anilines is 1. The Morgan fingerprint density at radius 1 is 1.11 bits per heavy atom. The zero-order valence-electron chi connectivity index (χ0n) is 20.0. The van der Waals surface area contributed by atoms with E-state index in [-0.39, 0.29) is 5.69 Å². The molecule has 2 fully saturated rings. The molecule has 0 bridgehead atoms. The van der Waals surface area contributed by atoms with Crippen molar-refractivity contribution in [1.82, 2.24) is 25.0 Å². The highest BCUT2D eigenvalue weighted by atomic mass is 19.4. The molecule has 3 aromatic rings. The van der Waals surface area contributed by atoms with Crippen LogP contribution in [0, 0.1) is 0 Å². The van der Waals surface area contributed by atoms with Crippen LogP contribution in [0.4, 0.5) is 18.9 Å². The number of amides is 1. The summed E-state index contributed by atoms with van der Waals surface area (Å²) in [6.45, 7) is 4.31. The third-order valence-electron chi connectivity index (χ3n) is 7.07. The van der Waals surface area contributed by atoms with Crippen LogP contribution in [-0.4, -0.2) is 64.9 Å². The van der Waals surface area contributed by atoms with Gasteiger partial charge in [-0.05, 0) is 43.9 Å². The normalized spacial score (nSPS) is 21.4. The predicted molar refractivity (Wildman–Crippen MR) is 129 cm³/mol. The Morgan fingerprint density at radius 3 is 2.53 bits per heavy atom. The molecule has 11 heteroatoms. The lowest BCUT2D eigenvalue weighted by atomic mass is 9.90. The predicted octanol–water partition coefficient (Wildman–Crippen LogP) is 4.10. The molecule has 0 atom stereocenters. The molecule has 2 N–H and O–H groups in total. The van der Waals surface area contributed by atoms with Crippen LogP contribution >= 0.6 is 0 Å². The molecule has 192 valence electrons. The summed E-state index contributed by atoms with van der Waals surface area (Å²) in [5.74, 6) is -0.382. The van der Waals surface area contributed by atoms with Crippen LogP contribution in [0.1, 0.15) is 47.9 Å². The van der Waals surface area contributed by atoms with Crippen LogP contribution in [0.15, 0.2) is 36.5 Å². The van der Waals surface area contributed by atoms with Crippen molar-refractivity contribution in [3.63, 3.8) is 0 Å². The lowest BCUT2D eigenvalue weighted by Gasteiger charge is -2.39. The van der Waals surface area contributed by atoms with Gasteiger partial charge in [0.2, 0.25) is 0 Å². The summed E-state index contributed by atoms with van der Waals surface area (Å²) in [6, 6.07) is 7.61. The van der Waals surface area contributed by atoms with E-state index in [2.05, 4.69) is 20.5 Å². The maximum atomic E-state index is 13.0. The third-order valence-corrected chi connectivity index (χ3v) is 7.07. The number of rotatable bonds is 5. The van der Waals surface area contributed by atoms with Crippen LogP contribution in [-0.2, 0) is 6.18 Å². The lowest BCUT2D eigenvalue weighted by molar-refractivity contribution is -0.141. The van der Waals surface area contributed by atoms with Gasteiger partial charge in [-0.2, -0.15) is 18.3 Å². The zero-order chi connectivity index (χ0) is 25.3. The topological polar surface area (TPSA) is 84.3 Å². The van der Waals surface area contributed by atoms with E-state index < -0.39 is 17.8 Å². The molecule has 1 aliphatic carbocycles. The quantitative estimate of drug-likeness (QED) is 0.547. The largest absolute Gasteiger partial charge is 0.494 e. The summed E-state index contributed by atoms with van der Waals surface area (Å²) in [5.41, 5.74) is -0.378. The first-order valence-electron chi connectivity index (χ1n) is 12.2. The number of nitrogens with one attached hydrogen (secondary N) is 2. The van der Waals surface area contributed by atoms with E-state index in [1.165, 1.54) is 13.2 Å². The van der Waals surface area contributed by atoms with Crippen molar-refractivity contribution in [2.24, 2.45) is 0 Å². The summed E-state index contributed by atoms with van der Waals surface area (Å²) < 4.78 is 46.4. The Labute approximate surface area is 206 Å². The summed E-state index contributed by atoms with van der Waals surface area (Å²) >= 11 is 0. The van der Waals surface area contributed by atoms with Crippen molar-refractivity contribution in [1.29, 1.82) is 0 Å². The molecule has 5 rings (SSSR count). The first kappa shape index (κ1) is 24.5. The number of nitrogens with zero attached hydrogens (tertiary/aromatic N) is 4. The van der Waals surface area contributed by atoms with Crippen LogP contribution in [0.3, 0.4) is 0 Å². The highest BCUT2D eigenvalue weighted by Crippen LogP contribution is 2.35. The number of fused-ring (bicyclic) bond motifs is 1. The number of methoxy groups -OCH3 is 1. The molecule has 36 heavy (non-hydrogen) atoms. The molecule has 2 aromatic heterocycles. The first-order valence-corrected chi connectivity index (χ1v) is 12.2. The molecule has 3 heterocycles. The van der Waals surface area contributed by atoms with Gasteiger partial charge in [-0.1, -0.05) is 6.07 Å². The molecule has 0 radical (unpaired) electrons. The molecule has 8 nitrogen and oxygen atoms in total. The Bertz CT molecular complexity index is 1230. The number of aromatic nitrogens is 3. The standard InChI is InChI=1S/C25H29F3N6O2/c1-36-22-14-20-16(13-21(22)31-24(35)19-3-2-4-23(30-19)25(26,27)28)15-34(32-20)18-7-5-17(6-8-18)33-11-9-29-10-12-33/h2-4,13-15,17-18,29H,5-12H2,1H3,(H,31,35). The average Bonchev–Trinajstić information content (AvgIpc) is 3.31. The highest BCUT2D eigenvalue weighted by Gasteiger charge is 2.33. The van der Waals surface area contributed by atoms with Crippen molar-refractivity contribution in [2.45, 2.75) is 43.9 Å². The number of piperazine rings is 1. The number of carbonyl (C=O) groups excluding carboxylic acids is 1. The van der Waals surface area contributed by atoms with Gasteiger partial charge in [0, 0.05) is 49.9 Å². The fraction of sp³-hybridized carbons (Fsp3) is 0.480. The maximum absolute atomic E-state index is 13.0. The second kappa shape index (κ2) is 10.1. The number of carbonyl (C=O) groups is 1. The smallest absolute Gasteiger partial charge is 0.433 e. The van der Waals surface area contributed by atoms with Gasteiger partial charge < -0.3 is 15.4 Å². The summed E-state index contributed by atoms with van der Waals surface area (Å²) in [5, 5.41) is 11.6. The van der Waals surface area contributed by atoms with Gasteiger partial charge in [-0.25, -0.2) is 4.98 Å². The molecule has 1 aliphatic heterocycles. The van der Waals surface area contributed by atoms with E-state index >= 15 is 0 Å². The number of ether oxygens (including phenoxy) is 1. The van der Waals surface area contributed by atoms with Crippen LogP contribution in [0.25, 0.3) is 10.9 Å². The second-order valence-electron chi connectivity index (χ2n) is 9.33. The fourth-order valence-corrected chi connectivity index (χ4v) is 5.17. The van der Waals surface area contributed by atoms with E-state index in [0.29, 0.717) is 23.5 Å². The number of benzene rings is 1. The molecule has 0 spiro atoms. The van der Waals surface area contributed by atoms with E-state index in [0.717, 1.165) is 74.9 Å². The maximum Gasteiger partial charge on any atom is 0.433 e. The SMILES string of the molecule is COc1cc2nn(C3CCC(N4CCNCC4)CC3)cc2cc1NC(=O)c1cccc(C(F)(F)F)n1. The minimum Gasteiger partial charge on any atom is -0.494 e. The molecule has 1 saturated carbocycles. The van der Waals surface area contributed by atoms with Gasteiger partial charge in [-0.15, -0.1) is 0 Å². The summed E-state index contributed by atoms with van der Waals surface area (Å²) in [4.78, 5) is 18.7. The van der Waals surface area contributed by atoms with Gasteiger partial charge >= 0.3 is 6.18 Å². The van der Waals surface area contributed by atoms with E-state index in [4.69, 9.17) is 9.84 Å². The zero-order valence-corrected chi connectivity index (χ0v) is 20.0. The Morgan fingerprint density at radius 2 is 1.83 bits per heavy atom. The molecule has 1 amide bonds. The van der Waals surface area contributed by atoms with Crippen LogP contribution in [0.2, 0.25) is 0 Å². The number of halogens is 3. The van der Waals surface area contributed by atoms with Gasteiger partial charge in [0.05, 0.1) is 24.4 Å². The van der Waals surface area contributed by atoms with Crippen LogP contribution in [0.5, 0.6) is 5.75 Å². The van der Waals surface area contributed by atoms with Crippen molar-refractivity contribution in [3.8, 4) is 5.75 Å². The first-order chi connectivity index (χ1) is 17.3. The molecular formula is C25H29F3N6O2. The highest BCUT2D eigenvalue weighted by molar-refractivity contribution is 6.05. The fourth-order valence-electron chi connectivity index (χ4n) is 5.17. The lowest BCUT2D eigenvalue weighted by Crippen LogP contribution is -2.49. The van der Waals surface area contributed by atoms with E-state index in [1.807, 2.05) is 10.9 Å². The van der Waals surface area contributed by atoms with Crippen LogP contribution < -0.4 is 15.4 Å². The van der Waals surface area contributed by atoms with Crippen molar-refractivity contribution in [2.75, 3.05) is 38.6 Å². The van der Waals surface area contributed by atoms with Crippen molar-refractivity contribution < 1.29 is 22.7 Å². The average molecular weight is 503 g/mol. The van der Waals surface area contributed by atoms with Crippen molar-refractivity contribution in [3.05, 3.63) is 47.9 Å². The van der Waals surface area contributed by atoms with Gasteiger partial charge in [-0.3, -0.25) is 14.4 Å². The summed E-state index contributed by atoms with van der Waals surface area (Å²) in [6.07, 6.45) is 1.69. The monoisotopic (exact) mass is 502 g/mol. The second-order valence-corrected chi connectivity index (χ2v) is 9.33. The molecule has 0 unspecified atom stereocenters. The number of hydrogen-bond donors (Lipinski definition) is 2. The molecule has 1 aromatic carbocycles. The minimum atomic E-state index is -4.63.